The average molecular weight is 313 g/mol. The lowest BCUT2D eigenvalue weighted by atomic mass is 9.99. The van der Waals surface area contributed by atoms with Gasteiger partial charge in [0, 0.05) is 0 Å². The Bertz CT molecular complexity index is 601. The van der Waals surface area contributed by atoms with Gasteiger partial charge in [0.05, 0.1) is 0 Å². The van der Waals surface area contributed by atoms with Crippen molar-refractivity contribution in [2.75, 3.05) is 19.3 Å². The van der Waals surface area contributed by atoms with E-state index in [9.17, 15) is 13.2 Å². The number of likely N-dealkylation sites (N-methyl/N-ethyl adjacent to an activating group) is 1. The summed E-state index contributed by atoms with van der Waals surface area (Å²) >= 11 is 0. The van der Waals surface area contributed by atoms with E-state index in [1.54, 1.807) is 11.9 Å². The number of hydrogen-bond donors (Lipinski definition) is 1. The fourth-order valence-corrected chi connectivity index (χ4v) is 3.76. The van der Waals surface area contributed by atoms with E-state index < -0.39 is 27.4 Å². The Kier molecular flexibility index (Phi) is 4.65. The zero-order valence-corrected chi connectivity index (χ0v) is 12.7. The van der Waals surface area contributed by atoms with Gasteiger partial charge in [0.2, 0.25) is 0 Å². The smallest absolute Gasteiger partial charge is 0.328 e. The molecule has 1 aromatic carbocycles. The van der Waals surface area contributed by atoms with E-state index in [2.05, 4.69) is 0 Å². The van der Waals surface area contributed by atoms with E-state index in [1.807, 2.05) is 30.3 Å². The van der Waals surface area contributed by atoms with Crippen LogP contribution in [0.25, 0.3) is 0 Å². The molecule has 1 atom stereocenters. The molecule has 0 aromatic heterocycles. The van der Waals surface area contributed by atoms with Gasteiger partial charge < -0.3 is 4.74 Å². The lowest BCUT2D eigenvalue weighted by molar-refractivity contribution is -0.156. The van der Waals surface area contributed by atoms with Crippen molar-refractivity contribution in [3.63, 3.8) is 0 Å². The average Bonchev–Trinajstić information content (AvgIpc) is 2.77. The lowest BCUT2D eigenvalue weighted by Gasteiger charge is -2.32. The van der Waals surface area contributed by atoms with Crippen LogP contribution in [0.4, 0.5) is 0 Å². The fraction of sp³-hybridized carbons (Fsp3) is 0.500. The summed E-state index contributed by atoms with van der Waals surface area (Å²) in [4.78, 5) is 14.0. The summed E-state index contributed by atoms with van der Waals surface area (Å²) in [5, 5.41) is 0. The second kappa shape index (κ2) is 6.13. The number of carbonyl (C=O) groups is 1. The van der Waals surface area contributed by atoms with Gasteiger partial charge in [-0.05, 0) is 32.0 Å². The summed E-state index contributed by atoms with van der Waals surface area (Å²) in [6.07, 6.45) is 1.05. The maximum absolute atomic E-state index is 12.4. The van der Waals surface area contributed by atoms with E-state index in [0.29, 0.717) is 19.4 Å². The predicted molar refractivity (Wildman–Crippen MR) is 77.2 cm³/mol. The van der Waals surface area contributed by atoms with Crippen LogP contribution in [0.15, 0.2) is 30.3 Å². The Morgan fingerprint density at radius 2 is 2.05 bits per heavy atom. The van der Waals surface area contributed by atoms with Crippen LogP contribution in [0, 0.1) is 0 Å². The highest BCUT2D eigenvalue weighted by molar-refractivity contribution is 7.85. The molecule has 0 saturated carbocycles. The van der Waals surface area contributed by atoms with Crippen LogP contribution in [0.2, 0.25) is 0 Å². The number of nitrogens with zero attached hydrogens (tertiary/aromatic N) is 1. The third-order valence-corrected chi connectivity index (χ3v) is 4.67. The van der Waals surface area contributed by atoms with Gasteiger partial charge in [-0.25, -0.2) is 4.79 Å². The van der Waals surface area contributed by atoms with Crippen molar-refractivity contribution in [3.8, 4) is 0 Å². The van der Waals surface area contributed by atoms with Crippen LogP contribution in [0.1, 0.15) is 18.4 Å². The quantitative estimate of drug-likeness (QED) is 0.647. The Balaban J connectivity index is 2.12. The summed E-state index contributed by atoms with van der Waals surface area (Å²) < 4.78 is 36.9. The molecule has 1 aliphatic heterocycles. The van der Waals surface area contributed by atoms with Gasteiger partial charge in [-0.2, -0.15) is 8.42 Å². The minimum absolute atomic E-state index is 0.0841. The number of benzene rings is 1. The molecule has 21 heavy (non-hydrogen) atoms. The highest BCUT2D eigenvalue weighted by Gasteiger charge is 2.49. The monoisotopic (exact) mass is 313 g/mol. The minimum Gasteiger partial charge on any atom is -0.459 e. The molecule has 0 aliphatic carbocycles. The van der Waals surface area contributed by atoms with E-state index in [-0.39, 0.29) is 6.61 Å². The van der Waals surface area contributed by atoms with Gasteiger partial charge >= 0.3 is 5.97 Å². The number of ether oxygens (including phenoxy) is 1. The van der Waals surface area contributed by atoms with Crippen molar-refractivity contribution in [1.29, 1.82) is 0 Å². The summed E-state index contributed by atoms with van der Waals surface area (Å²) in [5.41, 5.74) is -0.462. The van der Waals surface area contributed by atoms with Gasteiger partial charge in [0.25, 0.3) is 10.1 Å². The van der Waals surface area contributed by atoms with Gasteiger partial charge in [0.15, 0.2) is 0 Å². The van der Waals surface area contributed by atoms with Gasteiger partial charge in [-0.1, -0.05) is 30.3 Å². The minimum atomic E-state index is -4.27. The maximum Gasteiger partial charge on any atom is 0.328 e. The highest BCUT2D eigenvalue weighted by Crippen LogP contribution is 2.31. The molecular formula is C14H19NO5S. The Morgan fingerprint density at radius 1 is 1.38 bits per heavy atom. The summed E-state index contributed by atoms with van der Waals surface area (Å²) in [6, 6.07) is 9.16. The normalized spacial score (nSPS) is 23.1. The van der Waals surface area contributed by atoms with Crippen LogP contribution in [-0.2, 0) is 26.3 Å². The third-order valence-electron chi connectivity index (χ3n) is 3.83. The van der Waals surface area contributed by atoms with Gasteiger partial charge in [-0.15, -0.1) is 0 Å². The second-order valence-electron chi connectivity index (χ2n) is 5.34. The van der Waals surface area contributed by atoms with Crippen molar-refractivity contribution in [1.82, 2.24) is 4.90 Å². The van der Waals surface area contributed by atoms with Crippen molar-refractivity contribution < 1.29 is 22.5 Å². The second-order valence-corrected chi connectivity index (χ2v) is 6.80. The Hall–Kier alpha value is -1.44. The number of hydrogen-bond acceptors (Lipinski definition) is 5. The van der Waals surface area contributed by atoms with Crippen molar-refractivity contribution >= 4 is 16.1 Å². The molecular weight excluding hydrogens is 294 g/mol. The molecule has 1 N–H and O–H groups in total. The van der Waals surface area contributed by atoms with Crippen LogP contribution in [-0.4, -0.2) is 48.7 Å². The molecule has 1 aromatic rings. The molecule has 7 heteroatoms. The van der Waals surface area contributed by atoms with Gasteiger partial charge in [0.1, 0.15) is 17.9 Å². The lowest BCUT2D eigenvalue weighted by Crippen LogP contribution is -2.54. The van der Waals surface area contributed by atoms with E-state index in [0.717, 1.165) is 5.56 Å². The maximum atomic E-state index is 12.4. The molecule has 2 rings (SSSR count). The zero-order chi connectivity index (χ0) is 15.5. The largest absolute Gasteiger partial charge is 0.459 e. The summed E-state index contributed by atoms with van der Waals surface area (Å²) in [6.45, 7) is 0.677. The van der Waals surface area contributed by atoms with Crippen molar-refractivity contribution in [2.24, 2.45) is 0 Å². The molecule has 1 unspecified atom stereocenters. The number of rotatable bonds is 5. The molecule has 0 spiro atoms. The molecule has 1 fully saturated rings. The highest BCUT2D eigenvalue weighted by atomic mass is 32.2. The number of likely N-dealkylation sites (tertiary alicyclic amines) is 1. The first-order chi connectivity index (χ1) is 9.83. The van der Waals surface area contributed by atoms with Crippen molar-refractivity contribution in [2.45, 2.75) is 25.0 Å². The fourth-order valence-electron chi connectivity index (χ4n) is 2.67. The predicted octanol–water partition coefficient (Wildman–Crippen LogP) is 1.08. The third kappa shape index (κ3) is 3.81. The number of esters is 1. The Morgan fingerprint density at radius 3 is 2.57 bits per heavy atom. The standard InChI is InChI=1S/C14H19NO5S/c1-15-9-5-8-14(15,11-21(17,18)19)13(16)20-10-12-6-3-2-4-7-12/h2-4,6-7H,5,8-11H2,1H3,(H,17,18,19). The first kappa shape index (κ1) is 15.9. The first-order valence-electron chi connectivity index (χ1n) is 6.71. The molecule has 6 nitrogen and oxygen atoms in total. The molecule has 1 aliphatic rings. The molecule has 116 valence electrons. The Labute approximate surface area is 124 Å². The van der Waals surface area contributed by atoms with Crippen molar-refractivity contribution in [3.05, 3.63) is 35.9 Å². The van der Waals surface area contributed by atoms with Crippen LogP contribution < -0.4 is 0 Å². The SMILES string of the molecule is CN1CCCC1(CS(=O)(=O)O)C(=O)OCc1ccccc1. The van der Waals surface area contributed by atoms with E-state index >= 15 is 0 Å². The topological polar surface area (TPSA) is 83.9 Å². The van der Waals surface area contributed by atoms with Crippen LogP contribution in [0.5, 0.6) is 0 Å². The van der Waals surface area contributed by atoms with Crippen LogP contribution in [0.3, 0.4) is 0 Å². The molecule has 0 amide bonds. The molecule has 0 radical (unpaired) electrons. The van der Waals surface area contributed by atoms with E-state index in [1.165, 1.54) is 0 Å². The summed E-state index contributed by atoms with van der Waals surface area (Å²) in [5.74, 6) is -1.24. The van der Waals surface area contributed by atoms with Crippen LogP contribution >= 0.6 is 0 Å². The first-order valence-corrected chi connectivity index (χ1v) is 8.32. The molecule has 1 saturated heterocycles. The summed E-state index contributed by atoms with van der Waals surface area (Å²) in [7, 11) is -2.60. The molecule has 1 heterocycles. The van der Waals surface area contributed by atoms with Gasteiger partial charge in [-0.3, -0.25) is 9.45 Å². The molecule has 0 bridgehead atoms. The van der Waals surface area contributed by atoms with E-state index in [4.69, 9.17) is 9.29 Å². The number of carbonyl (C=O) groups excluding carboxylic acids is 1. The zero-order valence-electron chi connectivity index (χ0n) is 11.9.